The van der Waals surface area contributed by atoms with Gasteiger partial charge in [0.25, 0.3) is 0 Å². The lowest BCUT2D eigenvalue weighted by Crippen LogP contribution is -2.27. The molecule has 8 heteroatoms. The molecule has 102 valence electrons. The van der Waals surface area contributed by atoms with Crippen LogP contribution in [-0.2, 0) is 10.0 Å². The highest BCUT2D eigenvalue weighted by Crippen LogP contribution is 2.17. The predicted molar refractivity (Wildman–Crippen MR) is 69.2 cm³/mol. The number of aromatic nitrogens is 2. The third-order valence-electron chi connectivity index (χ3n) is 2.37. The topological polar surface area (TPSA) is 85.1 Å². The van der Waals surface area contributed by atoms with E-state index < -0.39 is 16.1 Å². The Morgan fingerprint density at radius 1 is 1.26 bits per heavy atom. The van der Waals surface area contributed by atoms with E-state index in [-0.39, 0.29) is 10.8 Å². The van der Waals surface area contributed by atoms with Crippen LogP contribution in [0.3, 0.4) is 0 Å². The molecular formula is C11H12ClN3O3S. The van der Waals surface area contributed by atoms with Gasteiger partial charge in [-0.25, -0.2) is 8.42 Å². The zero-order valence-electron chi connectivity index (χ0n) is 10.3. The summed E-state index contributed by atoms with van der Waals surface area (Å²) in [5.74, 6) is 0.600. The minimum Gasteiger partial charge on any atom is -0.424 e. The van der Waals surface area contributed by atoms with Gasteiger partial charge in [0.15, 0.2) is 0 Å². The Kier molecular flexibility index (Phi) is 3.88. The Hall–Kier alpha value is -1.44. The predicted octanol–water partition coefficient (Wildman–Crippen LogP) is 2.07. The van der Waals surface area contributed by atoms with Crippen LogP contribution in [0.25, 0.3) is 0 Å². The van der Waals surface area contributed by atoms with E-state index in [9.17, 15) is 8.42 Å². The van der Waals surface area contributed by atoms with Crippen molar-refractivity contribution in [2.24, 2.45) is 0 Å². The third-order valence-corrected chi connectivity index (χ3v) is 4.18. The molecular weight excluding hydrogens is 290 g/mol. The van der Waals surface area contributed by atoms with E-state index in [0.29, 0.717) is 10.9 Å². The molecule has 0 fully saturated rings. The number of nitrogens with zero attached hydrogens (tertiary/aromatic N) is 2. The summed E-state index contributed by atoms with van der Waals surface area (Å²) in [6.07, 6.45) is 0. The zero-order valence-corrected chi connectivity index (χ0v) is 11.9. The summed E-state index contributed by atoms with van der Waals surface area (Å²) in [5, 5.41) is 7.90. The average Bonchev–Trinajstić information content (AvgIpc) is 2.76. The summed E-state index contributed by atoms with van der Waals surface area (Å²) >= 11 is 5.72. The number of aryl methyl sites for hydroxylation is 1. The molecule has 1 N–H and O–H groups in total. The fraction of sp³-hybridized carbons (Fsp3) is 0.273. The van der Waals surface area contributed by atoms with Crippen LogP contribution >= 0.6 is 11.6 Å². The van der Waals surface area contributed by atoms with Crippen LogP contribution in [-0.4, -0.2) is 18.6 Å². The number of sulfonamides is 1. The number of halogens is 1. The molecule has 0 radical (unpaired) electrons. The lowest BCUT2D eigenvalue weighted by molar-refractivity contribution is 0.426. The highest BCUT2D eigenvalue weighted by molar-refractivity contribution is 7.89. The molecule has 0 aliphatic heterocycles. The largest absolute Gasteiger partial charge is 0.424 e. The van der Waals surface area contributed by atoms with E-state index in [2.05, 4.69) is 14.9 Å². The van der Waals surface area contributed by atoms with E-state index in [0.717, 1.165) is 0 Å². The zero-order chi connectivity index (χ0) is 14.0. The summed E-state index contributed by atoms with van der Waals surface area (Å²) in [4.78, 5) is 0.125. The first-order chi connectivity index (χ1) is 8.88. The highest BCUT2D eigenvalue weighted by Gasteiger charge is 2.21. The second kappa shape index (κ2) is 5.28. The van der Waals surface area contributed by atoms with Crippen LogP contribution in [0.5, 0.6) is 0 Å². The average molecular weight is 302 g/mol. The van der Waals surface area contributed by atoms with Crippen LogP contribution in [0.4, 0.5) is 0 Å². The monoisotopic (exact) mass is 301 g/mol. The number of rotatable bonds is 4. The van der Waals surface area contributed by atoms with Gasteiger partial charge >= 0.3 is 0 Å². The molecule has 0 amide bonds. The minimum absolute atomic E-state index is 0.125. The molecule has 0 saturated heterocycles. The van der Waals surface area contributed by atoms with E-state index in [1.807, 2.05) is 0 Å². The summed E-state index contributed by atoms with van der Waals surface area (Å²) in [7, 11) is -3.65. The standard InChI is InChI=1S/C11H12ClN3O3S/c1-7(11-14-13-8(2)18-11)15-19(16,17)10-5-3-9(12)4-6-10/h3-7,15H,1-2H3. The van der Waals surface area contributed by atoms with Gasteiger partial charge in [-0.05, 0) is 31.2 Å². The van der Waals surface area contributed by atoms with E-state index in [4.69, 9.17) is 16.0 Å². The van der Waals surface area contributed by atoms with Crippen molar-refractivity contribution in [1.29, 1.82) is 0 Å². The van der Waals surface area contributed by atoms with Crippen molar-refractivity contribution in [3.8, 4) is 0 Å². The maximum absolute atomic E-state index is 12.1. The molecule has 1 aromatic heterocycles. The third kappa shape index (κ3) is 3.31. The fourth-order valence-electron chi connectivity index (χ4n) is 1.45. The van der Waals surface area contributed by atoms with Gasteiger partial charge < -0.3 is 4.42 Å². The van der Waals surface area contributed by atoms with Crippen molar-refractivity contribution < 1.29 is 12.8 Å². The summed E-state index contributed by atoms with van der Waals surface area (Å²) in [6, 6.07) is 5.27. The number of nitrogens with one attached hydrogen (secondary N) is 1. The molecule has 1 aromatic carbocycles. The molecule has 0 aliphatic carbocycles. The number of hydrogen-bond donors (Lipinski definition) is 1. The molecule has 6 nitrogen and oxygen atoms in total. The Balaban J connectivity index is 2.19. The van der Waals surface area contributed by atoms with Gasteiger partial charge in [0.2, 0.25) is 21.8 Å². The Bertz CT molecular complexity index is 667. The molecule has 2 aromatic rings. The van der Waals surface area contributed by atoms with E-state index in [1.54, 1.807) is 13.8 Å². The Morgan fingerprint density at radius 3 is 2.42 bits per heavy atom. The molecule has 1 atom stereocenters. The molecule has 2 rings (SSSR count). The van der Waals surface area contributed by atoms with Crippen molar-refractivity contribution in [2.45, 2.75) is 24.8 Å². The van der Waals surface area contributed by atoms with Crippen LogP contribution in [0, 0.1) is 6.92 Å². The SMILES string of the molecule is Cc1nnc(C(C)NS(=O)(=O)c2ccc(Cl)cc2)o1. The van der Waals surface area contributed by atoms with Gasteiger partial charge in [-0.15, -0.1) is 10.2 Å². The maximum atomic E-state index is 12.1. The maximum Gasteiger partial charge on any atom is 0.241 e. The molecule has 0 spiro atoms. The van der Waals surface area contributed by atoms with Crippen LogP contribution < -0.4 is 4.72 Å². The molecule has 0 aliphatic rings. The van der Waals surface area contributed by atoms with Gasteiger partial charge in [0.1, 0.15) is 0 Å². The Labute approximate surface area is 115 Å². The van der Waals surface area contributed by atoms with Gasteiger partial charge in [-0.1, -0.05) is 11.6 Å². The van der Waals surface area contributed by atoms with Crippen molar-refractivity contribution in [3.05, 3.63) is 41.1 Å². The quantitative estimate of drug-likeness (QED) is 0.934. The molecule has 0 bridgehead atoms. The lowest BCUT2D eigenvalue weighted by atomic mass is 10.4. The van der Waals surface area contributed by atoms with Crippen LogP contribution in [0.15, 0.2) is 33.6 Å². The van der Waals surface area contributed by atoms with Crippen molar-refractivity contribution in [2.75, 3.05) is 0 Å². The van der Waals surface area contributed by atoms with Gasteiger partial charge in [0.05, 0.1) is 10.9 Å². The first-order valence-corrected chi connectivity index (χ1v) is 7.32. The van der Waals surface area contributed by atoms with Crippen molar-refractivity contribution >= 4 is 21.6 Å². The fourth-order valence-corrected chi connectivity index (χ4v) is 2.77. The molecule has 0 saturated carbocycles. The normalized spacial score (nSPS) is 13.4. The van der Waals surface area contributed by atoms with Gasteiger partial charge in [0, 0.05) is 11.9 Å². The number of benzene rings is 1. The van der Waals surface area contributed by atoms with E-state index >= 15 is 0 Å². The van der Waals surface area contributed by atoms with E-state index in [1.165, 1.54) is 24.3 Å². The molecule has 1 heterocycles. The van der Waals surface area contributed by atoms with Gasteiger partial charge in [-0.2, -0.15) is 4.72 Å². The second-order valence-corrected chi connectivity index (χ2v) is 6.11. The first-order valence-electron chi connectivity index (χ1n) is 5.46. The van der Waals surface area contributed by atoms with Crippen molar-refractivity contribution in [3.63, 3.8) is 0 Å². The van der Waals surface area contributed by atoms with Gasteiger partial charge in [-0.3, -0.25) is 0 Å². The number of hydrogen-bond acceptors (Lipinski definition) is 5. The Morgan fingerprint density at radius 2 is 1.89 bits per heavy atom. The van der Waals surface area contributed by atoms with Crippen LogP contribution in [0.2, 0.25) is 5.02 Å². The second-order valence-electron chi connectivity index (χ2n) is 3.96. The summed E-state index contributed by atoms with van der Waals surface area (Å²) in [5.41, 5.74) is 0. The summed E-state index contributed by atoms with van der Waals surface area (Å²) < 4.78 is 31.8. The van der Waals surface area contributed by atoms with Crippen molar-refractivity contribution in [1.82, 2.24) is 14.9 Å². The highest BCUT2D eigenvalue weighted by atomic mass is 35.5. The molecule has 1 unspecified atom stereocenters. The minimum atomic E-state index is -3.65. The molecule has 19 heavy (non-hydrogen) atoms. The lowest BCUT2D eigenvalue weighted by Gasteiger charge is -2.10. The smallest absolute Gasteiger partial charge is 0.241 e. The van der Waals surface area contributed by atoms with Crippen LogP contribution in [0.1, 0.15) is 24.7 Å². The summed E-state index contributed by atoms with van der Waals surface area (Å²) in [6.45, 7) is 3.26. The first kappa shape index (κ1) is 14.0.